The van der Waals surface area contributed by atoms with Gasteiger partial charge in [-0.25, -0.2) is 0 Å². The summed E-state index contributed by atoms with van der Waals surface area (Å²) in [6.45, 7) is 6.60. The van der Waals surface area contributed by atoms with Crippen molar-refractivity contribution in [2.45, 2.75) is 83.8 Å². The number of ketones is 1. The van der Waals surface area contributed by atoms with Gasteiger partial charge < -0.3 is 9.84 Å². The minimum absolute atomic E-state index is 0.0419. The number of aliphatic hydroxyl groups is 1. The third-order valence-corrected chi connectivity index (χ3v) is 10.7. The molecule has 0 spiro atoms. The number of fused-ring (bicyclic) bond motifs is 10. The van der Waals surface area contributed by atoms with Gasteiger partial charge in [0.25, 0.3) is 0 Å². The van der Waals surface area contributed by atoms with Crippen LogP contribution >= 0.6 is 0 Å². The molecule has 11 unspecified atom stereocenters. The fraction of sp³-hybridized carbons (Fsp3) is 0.917. The van der Waals surface area contributed by atoms with Crippen LogP contribution in [-0.4, -0.2) is 28.6 Å². The van der Waals surface area contributed by atoms with Crippen LogP contribution in [0.25, 0.3) is 0 Å². The normalized spacial score (nSPS) is 60.6. The van der Waals surface area contributed by atoms with E-state index < -0.39 is 5.60 Å². The van der Waals surface area contributed by atoms with Crippen LogP contribution in [0.1, 0.15) is 72.1 Å². The van der Waals surface area contributed by atoms with Gasteiger partial charge >= 0.3 is 5.97 Å². The molecule has 6 rings (SSSR count). The van der Waals surface area contributed by atoms with Gasteiger partial charge in [0.05, 0.1) is 5.60 Å². The standard InChI is InChI=1S/C24H34O4/c1-4-18(26)28-21-14-9-13(14)20-19-15-10-17(15)24(27)11-12(25)5-8-23(24,3)16(19)6-7-22(20,21)2/h13-17,19-21,27H,4-11H2,1-3H3. The number of esters is 1. The van der Waals surface area contributed by atoms with Gasteiger partial charge in [0.15, 0.2) is 0 Å². The Hall–Kier alpha value is -0.900. The third kappa shape index (κ3) is 1.92. The molecule has 0 saturated heterocycles. The SMILES string of the molecule is CCC(=O)OC1C2CC2C2C3C4CC4C4(O)CC(=O)CCC4(C)C3CCC12C. The number of carbonyl (C=O) groups excluding carboxylic acids is 2. The van der Waals surface area contributed by atoms with Crippen molar-refractivity contribution in [3.63, 3.8) is 0 Å². The molecule has 4 nitrogen and oxygen atoms in total. The van der Waals surface area contributed by atoms with E-state index in [4.69, 9.17) is 4.74 Å². The third-order valence-electron chi connectivity index (χ3n) is 10.7. The van der Waals surface area contributed by atoms with Crippen LogP contribution in [0.4, 0.5) is 0 Å². The molecular weight excluding hydrogens is 352 g/mol. The molecular formula is C24H34O4. The molecule has 6 aliphatic rings. The van der Waals surface area contributed by atoms with Crippen LogP contribution in [0.3, 0.4) is 0 Å². The first kappa shape index (κ1) is 17.9. The van der Waals surface area contributed by atoms with Gasteiger partial charge in [0, 0.05) is 30.1 Å². The zero-order valence-corrected chi connectivity index (χ0v) is 17.4. The number of carbonyl (C=O) groups is 2. The Bertz CT molecular complexity index is 762. The van der Waals surface area contributed by atoms with Gasteiger partial charge in [0.2, 0.25) is 0 Å². The maximum Gasteiger partial charge on any atom is 0.305 e. The summed E-state index contributed by atoms with van der Waals surface area (Å²) in [6, 6.07) is 0. The zero-order valence-electron chi connectivity index (χ0n) is 17.4. The second-order valence-electron chi connectivity index (χ2n) is 11.6. The summed E-state index contributed by atoms with van der Waals surface area (Å²) in [7, 11) is 0. The van der Waals surface area contributed by atoms with Crippen molar-refractivity contribution in [3.8, 4) is 0 Å². The summed E-state index contributed by atoms with van der Waals surface area (Å²) in [4.78, 5) is 24.4. The van der Waals surface area contributed by atoms with Gasteiger partial charge in [-0.15, -0.1) is 0 Å². The van der Waals surface area contributed by atoms with Crippen molar-refractivity contribution < 1.29 is 19.4 Å². The van der Waals surface area contributed by atoms with Crippen molar-refractivity contribution in [2.24, 2.45) is 52.3 Å². The van der Waals surface area contributed by atoms with E-state index in [1.54, 1.807) is 0 Å². The van der Waals surface area contributed by atoms with Crippen LogP contribution in [0.2, 0.25) is 0 Å². The van der Waals surface area contributed by atoms with E-state index in [9.17, 15) is 14.7 Å². The molecule has 11 atom stereocenters. The molecule has 0 radical (unpaired) electrons. The van der Waals surface area contributed by atoms with Crippen LogP contribution in [0, 0.1) is 52.3 Å². The first-order valence-corrected chi connectivity index (χ1v) is 11.7. The quantitative estimate of drug-likeness (QED) is 0.734. The summed E-state index contributed by atoms with van der Waals surface area (Å²) in [5, 5.41) is 11.8. The van der Waals surface area contributed by atoms with E-state index in [1.165, 1.54) is 6.42 Å². The van der Waals surface area contributed by atoms with Crippen molar-refractivity contribution in [1.29, 1.82) is 0 Å². The molecule has 0 bridgehead atoms. The molecule has 0 aromatic heterocycles. The second-order valence-corrected chi connectivity index (χ2v) is 11.6. The summed E-state index contributed by atoms with van der Waals surface area (Å²) in [5.74, 6) is 4.23. The van der Waals surface area contributed by atoms with Gasteiger partial charge in [0.1, 0.15) is 11.9 Å². The highest BCUT2D eigenvalue weighted by atomic mass is 16.5. The smallest absolute Gasteiger partial charge is 0.305 e. The molecule has 6 fully saturated rings. The average molecular weight is 387 g/mol. The van der Waals surface area contributed by atoms with E-state index in [0.717, 1.165) is 25.7 Å². The van der Waals surface area contributed by atoms with Gasteiger partial charge in [-0.05, 0) is 73.5 Å². The lowest BCUT2D eigenvalue weighted by Crippen LogP contribution is -2.64. The molecule has 0 aromatic rings. The highest BCUT2D eigenvalue weighted by Gasteiger charge is 2.78. The molecule has 154 valence electrons. The lowest BCUT2D eigenvalue weighted by Gasteiger charge is -2.63. The topological polar surface area (TPSA) is 63.6 Å². The minimum Gasteiger partial charge on any atom is -0.461 e. The summed E-state index contributed by atoms with van der Waals surface area (Å²) >= 11 is 0. The van der Waals surface area contributed by atoms with E-state index >= 15 is 0 Å². The number of ether oxygens (including phenoxy) is 1. The molecule has 0 aliphatic heterocycles. The lowest BCUT2D eigenvalue weighted by atomic mass is 9.43. The first-order valence-electron chi connectivity index (χ1n) is 11.7. The Labute approximate surface area is 167 Å². The molecule has 28 heavy (non-hydrogen) atoms. The zero-order chi connectivity index (χ0) is 19.6. The van der Waals surface area contributed by atoms with Crippen LogP contribution in [0.5, 0.6) is 0 Å². The van der Waals surface area contributed by atoms with Gasteiger partial charge in [-0.1, -0.05) is 20.8 Å². The molecule has 6 saturated carbocycles. The molecule has 0 heterocycles. The number of hydrogen-bond acceptors (Lipinski definition) is 4. The van der Waals surface area contributed by atoms with Crippen LogP contribution in [-0.2, 0) is 14.3 Å². The van der Waals surface area contributed by atoms with Crippen molar-refractivity contribution in [3.05, 3.63) is 0 Å². The van der Waals surface area contributed by atoms with Crippen molar-refractivity contribution in [2.75, 3.05) is 0 Å². The monoisotopic (exact) mass is 386 g/mol. The number of Topliss-reactive ketones (excluding diaryl/α,β-unsaturated/α-hetero) is 1. The summed E-state index contributed by atoms with van der Waals surface area (Å²) in [6.07, 6.45) is 7.00. The molecule has 1 N–H and O–H groups in total. The van der Waals surface area contributed by atoms with Crippen LogP contribution < -0.4 is 0 Å². The molecule has 4 heteroatoms. The highest BCUT2D eigenvalue weighted by Crippen LogP contribution is 2.79. The molecule has 6 aliphatic carbocycles. The second kappa shape index (κ2) is 5.22. The highest BCUT2D eigenvalue weighted by molar-refractivity contribution is 5.81. The van der Waals surface area contributed by atoms with Gasteiger partial charge in [-0.3, -0.25) is 9.59 Å². The van der Waals surface area contributed by atoms with E-state index in [-0.39, 0.29) is 28.7 Å². The Morgan fingerprint density at radius 3 is 2.68 bits per heavy atom. The summed E-state index contributed by atoms with van der Waals surface area (Å²) in [5.41, 5.74) is -0.770. The Morgan fingerprint density at radius 1 is 1.14 bits per heavy atom. The largest absolute Gasteiger partial charge is 0.461 e. The molecule has 0 aromatic carbocycles. The maximum absolute atomic E-state index is 12.2. The first-order chi connectivity index (χ1) is 13.2. The minimum atomic E-state index is -0.766. The predicted octanol–water partition coefficient (Wildman–Crippen LogP) is 3.75. The Balaban J connectivity index is 1.37. The number of hydrogen-bond donors (Lipinski definition) is 1. The Kier molecular flexibility index (Phi) is 3.34. The fourth-order valence-corrected chi connectivity index (χ4v) is 9.32. The van der Waals surface area contributed by atoms with Crippen molar-refractivity contribution in [1.82, 2.24) is 0 Å². The average Bonchev–Trinajstić information content (AvgIpc) is 3.55. The predicted molar refractivity (Wildman–Crippen MR) is 103 cm³/mol. The van der Waals surface area contributed by atoms with E-state index in [2.05, 4.69) is 13.8 Å². The maximum atomic E-state index is 12.2. The fourth-order valence-electron chi connectivity index (χ4n) is 9.32. The van der Waals surface area contributed by atoms with Crippen molar-refractivity contribution >= 4 is 11.8 Å². The number of rotatable bonds is 2. The lowest BCUT2D eigenvalue weighted by molar-refractivity contribution is -0.216. The van der Waals surface area contributed by atoms with E-state index in [1.807, 2.05) is 6.92 Å². The van der Waals surface area contributed by atoms with E-state index in [0.29, 0.717) is 60.7 Å². The summed E-state index contributed by atoms with van der Waals surface area (Å²) < 4.78 is 6.05. The Morgan fingerprint density at radius 2 is 1.93 bits per heavy atom. The molecule has 0 amide bonds. The van der Waals surface area contributed by atoms with Crippen LogP contribution in [0.15, 0.2) is 0 Å². The van der Waals surface area contributed by atoms with Gasteiger partial charge in [-0.2, -0.15) is 0 Å².